The molecule has 0 bridgehead atoms. The van der Waals surface area contributed by atoms with Gasteiger partial charge in [0.1, 0.15) is 17.1 Å². The van der Waals surface area contributed by atoms with E-state index in [0.717, 1.165) is 41.6 Å². The van der Waals surface area contributed by atoms with E-state index in [1.54, 1.807) is 0 Å². The molecule has 2 heteroatoms. The molecular weight excluding hydrogens is 368 g/mol. The summed E-state index contributed by atoms with van der Waals surface area (Å²) in [6.07, 6.45) is 12.7. The van der Waals surface area contributed by atoms with Gasteiger partial charge in [0.05, 0.1) is 0 Å². The van der Waals surface area contributed by atoms with Crippen molar-refractivity contribution in [3.05, 3.63) is 22.8 Å². The van der Waals surface area contributed by atoms with Crippen molar-refractivity contribution in [3.63, 3.8) is 0 Å². The van der Waals surface area contributed by atoms with Crippen LogP contribution in [0.3, 0.4) is 0 Å². The van der Waals surface area contributed by atoms with Gasteiger partial charge in [0, 0.05) is 12.0 Å². The molecule has 0 saturated carbocycles. The van der Waals surface area contributed by atoms with Gasteiger partial charge in [0.15, 0.2) is 0 Å². The van der Waals surface area contributed by atoms with Crippen LogP contribution < -0.4 is 4.74 Å². The van der Waals surface area contributed by atoms with Gasteiger partial charge in [-0.25, -0.2) is 0 Å². The number of phenolic OH excluding ortho intramolecular Hbond substituents is 1. The third kappa shape index (κ3) is 7.20. The molecule has 2 nitrogen and oxygen atoms in total. The predicted molar refractivity (Wildman–Crippen MR) is 130 cm³/mol. The minimum Gasteiger partial charge on any atom is -0.507 e. The van der Waals surface area contributed by atoms with E-state index in [0.29, 0.717) is 11.2 Å². The molecule has 1 aliphatic rings. The molecule has 172 valence electrons. The van der Waals surface area contributed by atoms with E-state index >= 15 is 0 Å². The number of hydrogen-bond acceptors (Lipinski definition) is 2. The Hall–Kier alpha value is -1.18. The van der Waals surface area contributed by atoms with Crippen LogP contribution in [0.25, 0.3) is 0 Å². The van der Waals surface area contributed by atoms with E-state index in [1.807, 2.05) is 13.8 Å². The highest BCUT2D eigenvalue weighted by atomic mass is 16.5. The molecule has 2 rings (SSSR count). The lowest BCUT2D eigenvalue weighted by atomic mass is 9.80. The third-order valence-electron chi connectivity index (χ3n) is 7.25. The van der Waals surface area contributed by atoms with E-state index < -0.39 is 0 Å². The molecule has 2 atom stereocenters. The normalized spacial score (nSPS) is 19.8. The Balaban J connectivity index is 1.70. The quantitative estimate of drug-likeness (QED) is 0.370. The summed E-state index contributed by atoms with van der Waals surface area (Å²) >= 11 is 0. The van der Waals surface area contributed by atoms with Crippen LogP contribution in [-0.2, 0) is 6.42 Å². The van der Waals surface area contributed by atoms with Crippen LogP contribution in [0.1, 0.15) is 116 Å². The first-order valence-corrected chi connectivity index (χ1v) is 12.4. The van der Waals surface area contributed by atoms with Crippen molar-refractivity contribution in [2.45, 2.75) is 125 Å². The van der Waals surface area contributed by atoms with Gasteiger partial charge in [0.2, 0.25) is 0 Å². The van der Waals surface area contributed by atoms with Gasteiger partial charge in [-0.15, -0.1) is 0 Å². The van der Waals surface area contributed by atoms with Gasteiger partial charge in [-0.2, -0.15) is 0 Å². The summed E-state index contributed by atoms with van der Waals surface area (Å²) in [6, 6.07) is 2.11. The fourth-order valence-electron chi connectivity index (χ4n) is 5.15. The molecule has 1 heterocycles. The summed E-state index contributed by atoms with van der Waals surface area (Å²) in [6.45, 7) is 18.2. The van der Waals surface area contributed by atoms with Crippen molar-refractivity contribution in [2.75, 3.05) is 0 Å². The summed E-state index contributed by atoms with van der Waals surface area (Å²) in [4.78, 5) is 0. The molecule has 0 amide bonds. The second-order valence-corrected chi connectivity index (χ2v) is 11.7. The number of fused-ring (bicyclic) bond motifs is 1. The van der Waals surface area contributed by atoms with Crippen LogP contribution in [0.4, 0.5) is 0 Å². The molecule has 0 aliphatic carbocycles. The number of hydrogen-bond donors (Lipinski definition) is 1. The highest BCUT2D eigenvalue weighted by Gasteiger charge is 2.36. The van der Waals surface area contributed by atoms with E-state index in [4.69, 9.17) is 4.74 Å². The zero-order valence-corrected chi connectivity index (χ0v) is 21.2. The number of aromatic hydroxyl groups is 1. The highest BCUT2D eigenvalue weighted by molar-refractivity contribution is 5.55. The van der Waals surface area contributed by atoms with Crippen molar-refractivity contribution in [3.8, 4) is 11.5 Å². The second-order valence-electron chi connectivity index (χ2n) is 11.7. The molecule has 1 aliphatic heterocycles. The topological polar surface area (TPSA) is 29.5 Å². The maximum absolute atomic E-state index is 10.2. The van der Waals surface area contributed by atoms with Crippen LogP contribution in [0, 0.1) is 31.1 Å². The molecule has 1 aromatic rings. The summed E-state index contributed by atoms with van der Waals surface area (Å²) in [5.74, 6) is 2.93. The average Bonchev–Trinajstić information content (AvgIpc) is 2.95. The minimum absolute atomic E-state index is 0.120. The first-order valence-electron chi connectivity index (χ1n) is 12.4. The number of aryl methyl sites for hydroxylation is 1. The van der Waals surface area contributed by atoms with Gasteiger partial charge in [-0.3, -0.25) is 0 Å². The number of phenols is 1. The largest absolute Gasteiger partial charge is 0.507 e. The van der Waals surface area contributed by atoms with Gasteiger partial charge in [-0.1, -0.05) is 66.7 Å². The number of rotatable bonds is 12. The van der Waals surface area contributed by atoms with Crippen LogP contribution in [0.15, 0.2) is 6.07 Å². The lowest BCUT2D eigenvalue weighted by molar-refractivity contribution is 0.0995. The fraction of sp³-hybridized carbons (Fsp3) is 0.786. The Bertz CT molecular complexity index is 688. The van der Waals surface area contributed by atoms with Crippen LogP contribution >= 0.6 is 0 Å². The fourth-order valence-corrected chi connectivity index (χ4v) is 5.15. The smallest absolute Gasteiger partial charge is 0.130 e. The highest BCUT2D eigenvalue weighted by Crippen LogP contribution is 2.44. The van der Waals surface area contributed by atoms with Crippen molar-refractivity contribution in [1.29, 1.82) is 0 Å². The number of benzene rings is 1. The van der Waals surface area contributed by atoms with Crippen molar-refractivity contribution >= 4 is 0 Å². The molecule has 0 spiro atoms. The Labute approximate surface area is 186 Å². The SMILES string of the molecule is Cc1cc2c(c(C)c1O)OC(C)(CCCC(C)CCCC(C)(C)CCCC(C)C)C2. The summed E-state index contributed by atoms with van der Waals surface area (Å²) in [5.41, 5.74) is 3.49. The van der Waals surface area contributed by atoms with Crippen molar-refractivity contribution in [1.82, 2.24) is 0 Å². The molecule has 1 aromatic carbocycles. The predicted octanol–water partition coefficient (Wildman–Crippen LogP) is 8.53. The second kappa shape index (κ2) is 10.4. The van der Waals surface area contributed by atoms with Gasteiger partial charge in [0.25, 0.3) is 0 Å². The zero-order chi connectivity index (χ0) is 22.5. The molecular formula is C28H48O2. The van der Waals surface area contributed by atoms with Gasteiger partial charge < -0.3 is 9.84 Å². The summed E-state index contributed by atoms with van der Waals surface area (Å²) in [7, 11) is 0. The monoisotopic (exact) mass is 416 g/mol. The molecule has 2 unspecified atom stereocenters. The lowest BCUT2D eigenvalue weighted by Gasteiger charge is -2.26. The molecule has 1 N–H and O–H groups in total. The van der Waals surface area contributed by atoms with Crippen molar-refractivity contribution in [2.24, 2.45) is 17.3 Å². The van der Waals surface area contributed by atoms with E-state index in [-0.39, 0.29) is 5.60 Å². The third-order valence-corrected chi connectivity index (χ3v) is 7.25. The standard InChI is InChI=1S/C28H48O2/c1-20(2)12-9-15-27(6,7)16-10-13-21(3)14-11-17-28(8)19-24-18-22(4)25(29)23(5)26(24)30-28/h18,20-21,29H,9-17,19H2,1-8H3. The first-order chi connectivity index (χ1) is 13.9. The Morgan fingerprint density at radius 3 is 2.27 bits per heavy atom. The molecule has 0 fully saturated rings. The molecule has 0 saturated heterocycles. The summed E-state index contributed by atoms with van der Waals surface area (Å²) in [5, 5.41) is 10.2. The Kier molecular flexibility index (Phi) is 8.71. The molecule has 0 aromatic heterocycles. The zero-order valence-electron chi connectivity index (χ0n) is 21.2. The Morgan fingerprint density at radius 1 is 1.03 bits per heavy atom. The van der Waals surface area contributed by atoms with Crippen molar-refractivity contribution < 1.29 is 9.84 Å². The van der Waals surface area contributed by atoms with Gasteiger partial charge >= 0.3 is 0 Å². The lowest BCUT2D eigenvalue weighted by Crippen LogP contribution is -2.30. The van der Waals surface area contributed by atoms with Crippen LogP contribution in [-0.4, -0.2) is 10.7 Å². The molecule has 30 heavy (non-hydrogen) atoms. The van der Waals surface area contributed by atoms with Crippen LogP contribution in [0.5, 0.6) is 11.5 Å². The van der Waals surface area contributed by atoms with E-state index in [1.165, 1.54) is 56.9 Å². The van der Waals surface area contributed by atoms with E-state index in [9.17, 15) is 5.11 Å². The average molecular weight is 417 g/mol. The number of ether oxygens (including phenoxy) is 1. The molecule has 0 radical (unpaired) electrons. The minimum atomic E-state index is -0.120. The van der Waals surface area contributed by atoms with Gasteiger partial charge in [-0.05, 0) is 80.9 Å². The first kappa shape index (κ1) is 25.1. The Morgan fingerprint density at radius 2 is 1.63 bits per heavy atom. The summed E-state index contributed by atoms with van der Waals surface area (Å²) < 4.78 is 6.36. The van der Waals surface area contributed by atoms with E-state index in [2.05, 4.69) is 47.6 Å². The van der Waals surface area contributed by atoms with Crippen LogP contribution in [0.2, 0.25) is 0 Å². The maximum Gasteiger partial charge on any atom is 0.130 e. The maximum atomic E-state index is 10.2.